The third-order valence-electron chi connectivity index (χ3n) is 6.70. The van der Waals surface area contributed by atoms with Crippen LogP contribution in [0.5, 0.6) is 0 Å². The Hall–Kier alpha value is -2.67. The van der Waals surface area contributed by atoms with Gasteiger partial charge in [0.15, 0.2) is 10.00 Å². The van der Waals surface area contributed by atoms with Crippen LogP contribution < -0.4 is 16.0 Å². The van der Waals surface area contributed by atoms with Gasteiger partial charge in [-0.3, -0.25) is 14.4 Å². The van der Waals surface area contributed by atoms with E-state index in [4.69, 9.17) is 12.2 Å². The van der Waals surface area contributed by atoms with Gasteiger partial charge >= 0.3 is 0 Å². The second-order valence-corrected chi connectivity index (χ2v) is 11.2. The smallest absolute Gasteiger partial charge is 0.283 e. The van der Waals surface area contributed by atoms with E-state index in [1.807, 2.05) is 7.05 Å². The normalized spacial score (nSPS) is 20.9. The van der Waals surface area contributed by atoms with Crippen molar-refractivity contribution in [3.63, 3.8) is 0 Å². The molecule has 13 heteroatoms. The standard InChI is InChI=1S/C25H31FN6O3S2.ClH/c1-31(2)25(35)14-4-9-17(29-23(36)21(33)27-16-7-5-15(26)6-8-16)19(12-14)28-22(34)24-30-18-10-11-32(3)13-20(18)37-24;/h5-8,14,17,19H,4,9-13H2,1-3H3,(H,27,33)(H,28,34)(H,29,36);1H. The lowest BCUT2D eigenvalue weighted by atomic mass is 9.81. The molecular weight excluding hydrogens is 551 g/mol. The molecule has 1 aliphatic carbocycles. The van der Waals surface area contributed by atoms with Crippen molar-refractivity contribution in [2.45, 2.75) is 44.3 Å². The molecular formula is C25H32ClFN6O3S2. The number of likely N-dealkylation sites (N-methyl/N-ethyl adjacent to an activating group) is 1. The van der Waals surface area contributed by atoms with Gasteiger partial charge < -0.3 is 25.8 Å². The van der Waals surface area contributed by atoms with Gasteiger partial charge in [-0.2, -0.15) is 0 Å². The van der Waals surface area contributed by atoms with Crippen LogP contribution in [0.3, 0.4) is 0 Å². The summed E-state index contributed by atoms with van der Waals surface area (Å²) < 4.78 is 13.2. The molecule has 206 valence electrons. The summed E-state index contributed by atoms with van der Waals surface area (Å²) in [6.45, 7) is 1.67. The van der Waals surface area contributed by atoms with E-state index in [2.05, 4.69) is 25.8 Å². The average Bonchev–Trinajstić information content (AvgIpc) is 3.29. The monoisotopic (exact) mass is 582 g/mol. The summed E-state index contributed by atoms with van der Waals surface area (Å²) in [6, 6.07) is 4.60. The first kappa shape index (κ1) is 29.9. The van der Waals surface area contributed by atoms with Gasteiger partial charge in [0.25, 0.3) is 11.8 Å². The lowest BCUT2D eigenvalue weighted by Crippen LogP contribution is -2.56. The molecule has 0 spiro atoms. The van der Waals surface area contributed by atoms with Gasteiger partial charge in [0.2, 0.25) is 5.91 Å². The highest BCUT2D eigenvalue weighted by Gasteiger charge is 2.37. The third kappa shape index (κ3) is 7.25. The van der Waals surface area contributed by atoms with E-state index in [9.17, 15) is 18.8 Å². The van der Waals surface area contributed by atoms with E-state index in [-0.39, 0.29) is 41.2 Å². The second-order valence-electron chi connectivity index (χ2n) is 9.74. The number of thiocarbonyl (C=S) groups is 1. The highest BCUT2D eigenvalue weighted by Crippen LogP contribution is 2.28. The molecule has 3 amide bonds. The molecule has 2 aliphatic rings. The fraction of sp³-hybridized carbons (Fsp3) is 0.480. The summed E-state index contributed by atoms with van der Waals surface area (Å²) >= 11 is 6.73. The molecule has 3 unspecified atom stereocenters. The Kier molecular flexibility index (Phi) is 10.2. The van der Waals surface area contributed by atoms with E-state index in [1.165, 1.54) is 35.6 Å². The van der Waals surface area contributed by atoms with Gasteiger partial charge in [0.05, 0.1) is 11.7 Å². The van der Waals surface area contributed by atoms with E-state index in [1.54, 1.807) is 19.0 Å². The van der Waals surface area contributed by atoms with Crippen molar-refractivity contribution in [2.24, 2.45) is 5.92 Å². The Bertz CT molecular complexity index is 1190. The van der Waals surface area contributed by atoms with Crippen molar-refractivity contribution in [3.8, 4) is 0 Å². The molecule has 9 nitrogen and oxygen atoms in total. The maximum Gasteiger partial charge on any atom is 0.283 e. The summed E-state index contributed by atoms with van der Waals surface area (Å²) in [4.78, 5) is 47.9. The maximum atomic E-state index is 13.2. The fourth-order valence-corrected chi connectivity index (χ4v) is 5.99. The molecule has 4 rings (SSSR count). The van der Waals surface area contributed by atoms with Crippen LogP contribution in [0.1, 0.15) is 39.6 Å². The van der Waals surface area contributed by atoms with Gasteiger partial charge in [-0.15, -0.1) is 23.7 Å². The number of nitrogens with one attached hydrogen (secondary N) is 3. The Morgan fingerprint density at radius 3 is 2.53 bits per heavy atom. The van der Waals surface area contributed by atoms with Crippen LogP contribution in [-0.4, -0.2) is 77.3 Å². The number of carbonyl (C=O) groups is 3. The molecule has 1 fully saturated rings. The molecule has 38 heavy (non-hydrogen) atoms. The lowest BCUT2D eigenvalue weighted by Gasteiger charge is -2.37. The van der Waals surface area contributed by atoms with Crippen LogP contribution in [0.4, 0.5) is 10.1 Å². The van der Waals surface area contributed by atoms with Crippen molar-refractivity contribution in [1.29, 1.82) is 0 Å². The topological polar surface area (TPSA) is 107 Å². The quantitative estimate of drug-likeness (QED) is 0.465. The summed E-state index contributed by atoms with van der Waals surface area (Å²) in [5.41, 5.74) is 1.38. The first-order chi connectivity index (χ1) is 17.6. The Balaban J connectivity index is 0.00000400. The van der Waals surface area contributed by atoms with Gasteiger partial charge in [0.1, 0.15) is 5.82 Å². The van der Waals surface area contributed by atoms with Crippen LogP contribution in [0.15, 0.2) is 24.3 Å². The first-order valence-corrected chi connectivity index (χ1v) is 13.4. The molecule has 2 aromatic rings. The zero-order valence-corrected chi connectivity index (χ0v) is 23.9. The Morgan fingerprint density at radius 1 is 1.13 bits per heavy atom. The van der Waals surface area contributed by atoms with Crippen molar-refractivity contribution in [1.82, 2.24) is 25.4 Å². The number of amides is 3. The van der Waals surface area contributed by atoms with Crippen LogP contribution in [-0.2, 0) is 22.6 Å². The van der Waals surface area contributed by atoms with Gasteiger partial charge in [-0.05, 0) is 50.6 Å². The number of fused-ring (bicyclic) bond motifs is 1. The number of thiazole rings is 1. The zero-order valence-electron chi connectivity index (χ0n) is 21.5. The highest BCUT2D eigenvalue weighted by atomic mass is 35.5. The molecule has 1 aromatic heterocycles. The summed E-state index contributed by atoms with van der Waals surface area (Å²) in [7, 11) is 5.47. The van der Waals surface area contributed by atoms with E-state index in [0.717, 1.165) is 30.1 Å². The average molecular weight is 583 g/mol. The van der Waals surface area contributed by atoms with E-state index >= 15 is 0 Å². The molecule has 1 saturated carbocycles. The number of anilines is 1. The van der Waals surface area contributed by atoms with E-state index in [0.29, 0.717) is 30.0 Å². The van der Waals surface area contributed by atoms with Gasteiger partial charge in [-0.25, -0.2) is 9.37 Å². The summed E-state index contributed by atoms with van der Waals surface area (Å²) in [5.74, 6) is -1.48. The summed E-state index contributed by atoms with van der Waals surface area (Å²) in [6.07, 6.45) is 2.36. The predicted molar refractivity (Wildman–Crippen MR) is 151 cm³/mol. The van der Waals surface area contributed by atoms with Crippen molar-refractivity contribution >= 4 is 64.4 Å². The van der Waals surface area contributed by atoms with Crippen molar-refractivity contribution < 1.29 is 18.8 Å². The van der Waals surface area contributed by atoms with Gasteiger partial charge in [0, 0.05) is 56.1 Å². The molecule has 0 bridgehead atoms. The van der Waals surface area contributed by atoms with Crippen LogP contribution in [0, 0.1) is 11.7 Å². The third-order valence-corrected chi connectivity index (χ3v) is 8.08. The lowest BCUT2D eigenvalue weighted by molar-refractivity contribution is -0.134. The minimum Gasteiger partial charge on any atom is -0.367 e. The zero-order chi connectivity index (χ0) is 26.7. The van der Waals surface area contributed by atoms with Crippen LogP contribution >= 0.6 is 36.0 Å². The van der Waals surface area contributed by atoms with Crippen molar-refractivity contribution in [3.05, 3.63) is 45.7 Å². The van der Waals surface area contributed by atoms with Gasteiger partial charge in [-0.1, -0.05) is 12.2 Å². The Labute approximate surface area is 237 Å². The first-order valence-electron chi connectivity index (χ1n) is 12.2. The SMILES string of the molecule is CN1CCc2nc(C(=O)NC3CC(C(=O)N(C)C)CCC3NC(=S)C(=O)Nc3ccc(F)cc3)sc2C1.Cl. The molecule has 3 atom stereocenters. The number of nitrogens with zero attached hydrogens (tertiary/aromatic N) is 3. The van der Waals surface area contributed by atoms with Crippen molar-refractivity contribution in [2.75, 3.05) is 33.0 Å². The number of hydrogen-bond donors (Lipinski definition) is 3. The number of carbonyl (C=O) groups excluding carboxylic acids is 3. The van der Waals surface area contributed by atoms with Crippen LogP contribution in [0.2, 0.25) is 0 Å². The number of halogens is 2. The molecule has 0 radical (unpaired) electrons. The minimum absolute atomic E-state index is 0. The fourth-order valence-electron chi connectivity index (χ4n) is 4.70. The minimum atomic E-state index is -0.533. The molecule has 2 heterocycles. The largest absolute Gasteiger partial charge is 0.367 e. The second kappa shape index (κ2) is 12.9. The number of rotatable bonds is 5. The maximum absolute atomic E-state index is 13.2. The molecule has 3 N–H and O–H groups in total. The number of aromatic nitrogens is 1. The molecule has 1 aliphatic heterocycles. The molecule has 0 saturated heterocycles. The molecule has 1 aromatic carbocycles. The number of benzene rings is 1. The highest BCUT2D eigenvalue weighted by molar-refractivity contribution is 7.82. The number of hydrogen-bond acceptors (Lipinski definition) is 7. The summed E-state index contributed by atoms with van der Waals surface area (Å²) in [5, 5.41) is 9.18. The predicted octanol–water partition coefficient (Wildman–Crippen LogP) is 2.60. The van der Waals surface area contributed by atoms with E-state index < -0.39 is 17.8 Å². The van der Waals surface area contributed by atoms with Crippen LogP contribution in [0.25, 0.3) is 0 Å². The Morgan fingerprint density at radius 2 is 1.84 bits per heavy atom.